The van der Waals surface area contributed by atoms with Gasteiger partial charge in [0.2, 0.25) is 6.29 Å². The van der Waals surface area contributed by atoms with Gasteiger partial charge in [0.05, 0.1) is 14.1 Å². The average Bonchev–Trinajstić information content (AvgIpc) is 2.92. The van der Waals surface area contributed by atoms with E-state index in [1.165, 1.54) is 75.3 Å². The van der Waals surface area contributed by atoms with Crippen LogP contribution in [0.2, 0.25) is 0 Å². The standard InChI is InChI=1S/C35H56NO3/c1-6-8-9-10-11-12-13-14-15-16-20-26-32-27-21-22-28-33(32)38-34(23-7-2)39-35(37)30(3)36(4,5)29-31-24-18-17-19-25-31/h17-19,21-22,24-25,27-28,30,34H,6-16,20,23,26,29H2,1-5H3/q+1. The molecule has 218 valence electrons. The smallest absolute Gasteiger partial charge is 0.367 e. The summed E-state index contributed by atoms with van der Waals surface area (Å²) in [7, 11) is 4.16. The number of hydrogen-bond donors (Lipinski definition) is 0. The van der Waals surface area contributed by atoms with Gasteiger partial charge in [-0.1, -0.05) is 127 Å². The maximum Gasteiger partial charge on any atom is 0.367 e. The Labute approximate surface area is 239 Å². The Morgan fingerprint density at radius 1 is 0.744 bits per heavy atom. The van der Waals surface area contributed by atoms with E-state index in [9.17, 15) is 4.79 Å². The van der Waals surface area contributed by atoms with Gasteiger partial charge < -0.3 is 14.0 Å². The number of likely N-dealkylation sites (N-methyl/N-ethyl adjacent to an activating group) is 1. The number of rotatable bonds is 21. The van der Waals surface area contributed by atoms with E-state index in [1.807, 2.05) is 37.3 Å². The van der Waals surface area contributed by atoms with Crippen LogP contribution in [0.4, 0.5) is 0 Å². The highest BCUT2D eigenvalue weighted by molar-refractivity contribution is 5.74. The summed E-state index contributed by atoms with van der Waals surface area (Å²) in [6.07, 6.45) is 16.7. The van der Waals surface area contributed by atoms with E-state index in [2.05, 4.69) is 52.2 Å². The molecule has 0 bridgehead atoms. The second-order valence-electron chi connectivity index (χ2n) is 11.8. The van der Waals surface area contributed by atoms with Crippen molar-refractivity contribution >= 4 is 5.97 Å². The van der Waals surface area contributed by atoms with Crippen molar-refractivity contribution in [3.8, 4) is 5.75 Å². The summed E-state index contributed by atoms with van der Waals surface area (Å²) < 4.78 is 12.8. The van der Waals surface area contributed by atoms with E-state index in [0.29, 0.717) is 10.9 Å². The third-order valence-corrected chi connectivity index (χ3v) is 7.88. The molecule has 2 atom stereocenters. The number of nitrogens with zero attached hydrogens (tertiary/aromatic N) is 1. The molecule has 0 heterocycles. The molecule has 0 amide bonds. The number of carbonyl (C=O) groups excluding carboxylic acids is 1. The molecule has 4 nitrogen and oxygen atoms in total. The van der Waals surface area contributed by atoms with Crippen LogP contribution in [0.3, 0.4) is 0 Å². The highest BCUT2D eigenvalue weighted by Gasteiger charge is 2.34. The number of para-hydroxylation sites is 1. The van der Waals surface area contributed by atoms with Crippen LogP contribution in [0.15, 0.2) is 54.6 Å². The van der Waals surface area contributed by atoms with Gasteiger partial charge in [-0.25, -0.2) is 4.79 Å². The van der Waals surface area contributed by atoms with Gasteiger partial charge in [-0.15, -0.1) is 0 Å². The van der Waals surface area contributed by atoms with Crippen molar-refractivity contribution in [1.29, 1.82) is 0 Å². The first-order valence-corrected chi connectivity index (χ1v) is 15.7. The van der Waals surface area contributed by atoms with Crippen LogP contribution in [0.5, 0.6) is 5.75 Å². The molecule has 0 N–H and O–H groups in total. The molecule has 4 heteroatoms. The van der Waals surface area contributed by atoms with Crippen molar-refractivity contribution < 1.29 is 18.8 Å². The van der Waals surface area contributed by atoms with Crippen molar-refractivity contribution in [3.63, 3.8) is 0 Å². The zero-order valence-corrected chi connectivity index (χ0v) is 25.6. The first-order valence-electron chi connectivity index (χ1n) is 15.7. The molecule has 2 aromatic rings. The van der Waals surface area contributed by atoms with Crippen LogP contribution < -0.4 is 4.74 Å². The normalized spacial score (nSPS) is 13.2. The monoisotopic (exact) mass is 538 g/mol. The molecule has 39 heavy (non-hydrogen) atoms. The number of benzene rings is 2. The van der Waals surface area contributed by atoms with Gasteiger partial charge in [0.25, 0.3) is 0 Å². The van der Waals surface area contributed by atoms with Crippen LogP contribution in [-0.2, 0) is 22.5 Å². The van der Waals surface area contributed by atoms with Gasteiger partial charge in [0, 0.05) is 12.0 Å². The summed E-state index contributed by atoms with van der Waals surface area (Å²) in [6, 6.07) is 18.3. The number of carbonyl (C=O) groups is 1. The molecule has 0 saturated heterocycles. The van der Waals surface area contributed by atoms with Gasteiger partial charge in [-0.3, -0.25) is 0 Å². The predicted molar refractivity (Wildman–Crippen MR) is 164 cm³/mol. The number of quaternary nitrogens is 1. The molecule has 0 aliphatic heterocycles. The van der Waals surface area contributed by atoms with Crippen molar-refractivity contribution in [2.24, 2.45) is 0 Å². The first-order chi connectivity index (χ1) is 18.9. The van der Waals surface area contributed by atoms with Crippen molar-refractivity contribution in [2.75, 3.05) is 14.1 Å². The lowest BCUT2D eigenvalue weighted by Crippen LogP contribution is -2.52. The van der Waals surface area contributed by atoms with E-state index in [0.717, 1.165) is 31.6 Å². The van der Waals surface area contributed by atoms with E-state index in [4.69, 9.17) is 9.47 Å². The zero-order valence-electron chi connectivity index (χ0n) is 25.6. The number of unbranched alkanes of at least 4 members (excludes halogenated alkanes) is 10. The second kappa shape index (κ2) is 18.9. The van der Waals surface area contributed by atoms with Gasteiger partial charge in [0.1, 0.15) is 12.3 Å². The summed E-state index contributed by atoms with van der Waals surface area (Å²) in [5.74, 6) is 0.638. The number of aryl methyl sites for hydroxylation is 1. The fraction of sp³-hybridized carbons (Fsp3) is 0.629. The molecule has 0 radical (unpaired) electrons. The minimum Gasteiger partial charge on any atom is -0.454 e. The Hall–Kier alpha value is -2.33. The Kier molecular flexibility index (Phi) is 15.9. The second-order valence-corrected chi connectivity index (χ2v) is 11.8. The maximum absolute atomic E-state index is 13.2. The minimum atomic E-state index is -0.569. The largest absolute Gasteiger partial charge is 0.454 e. The van der Waals surface area contributed by atoms with Crippen LogP contribution >= 0.6 is 0 Å². The molecule has 0 aromatic heterocycles. The summed E-state index contributed by atoms with van der Waals surface area (Å²) >= 11 is 0. The fourth-order valence-corrected chi connectivity index (χ4v) is 5.03. The summed E-state index contributed by atoms with van der Waals surface area (Å²) in [5, 5.41) is 0. The quantitative estimate of drug-likeness (QED) is 0.0687. The van der Waals surface area contributed by atoms with Crippen LogP contribution in [-0.4, -0.2) is 36.9 Å². The SMILES string of the molecule is CCCCCCCCCCCCCc1ccccc1OC(CCC)OC(=O)C(C)[N+](C)(C)Cc1ccccc1. The molecule has 2 unspecified atom stereocenters. The molecule has 2 rings (SSSR count). The Balaban J connectivity index is 1.82. The topological polar surface area (TPSA) is 35.5 Å². The molecule has 0 saturated carbocycles. The molecule has 2 aromatic carbocycles. The minimum absolute atomic E-state index is 0.211. The van der Waals surface area contributed by atoms with Crippen molar-refractivity contribution in [1.82, 2.24) is 0 Å². The van der Waals surface area contributed by atoms with E-state index in [1.54, 1.807) is 0 Å². The average molecular weight is 539 g/mol. The number of ether oxygens (including phenoxy) is 2. The number of hydrogen-bond acceptors (Lipinski definition) is 3. The highest BCUT2D eigenvalue weighted by atomic mass is 16.7. The molecular weight excluding hydrogens is 482 g/mol. The summed E-state index contributed by atoms with van der Waals surface area (Å²) in [5.41, 5.74) is 2.42. The van der Waals surface area contributed by atoms with Gasteiger partial charge in [-0.05, 0) is 37.8 Å². The van der Waals surface area contributed by atoms with E-state index < -0.39 is 6.29 Å². The van der Waals surface area contributed by atoms with Gasteiger partial charge in [-0.2, -0.15) is 0 Å². The van der Waals surface area contributed by atoms with Gasteiger partial charge >= 0.3 is 5.97 Å². The predicted octanol–water partition coefficient (Wildman–Crippen LogP) is 9.25. The third-order valence-electron chi connectivity index (χ3n) is 7.88. The Morgan fingerprint density at radius 3 is 1.92 bits per heavy atom. The molecule has 0 spiro atoms. The molecule has 0 aliphatic carbocycles. The summed E-state index contributed by atoms with van der Waals surface area (Å²) in [6.45, 7) is 7.09. The lowest BCUT2D eigenvalue weighted by molar-refractivity contribution is -0.917. The van der Waals surface area contributed by atoms with Crippen LogP contribution in [0.1, 0.15) is 115 Å². The third kappa shape index (κ3) is 13.0. The van der Waals surface area contributed by atoms with Crippen molar-refractivity contribution in [3.05, 3.63) is 65.7 Å². The lowest BCUT2D eigenvalue weighted by Gasteiger charge is -2.35. The zero-order chi connectivity index (χ0) is 28.3. The van der Waals surface area contributed by atoms with E-state index >= 15 is 0 Å². The summed E-state index contributed by atoms with van der Waals surface area (Å²) in [4.78, 5) is 13.2. The van der Waals surface area contributed by atoms with Gasteiger partial charge in [0.15, 0.2) is 6.04 Å². The van der Waals surface area contributed by atoms with E-state index in [-0.39, 0.29) is 12.0 Å². The highest BCUT2D eigenvalue weighted by Crippen LogP contribution is 2.24. The fourth-order valence-electron chi connectivity index (χ4n) is 5.03. The number of esters is 1. The Bertz CT molecular complexity index is 911. The van der Waals surface area contributed by atoms with Crippen LogP contribution in [0.25, 0.3) is 0 Å². The van der Waals surface area contributed by atoms with Crippen molar-refractivity contribution in [2.45, 2.75) is 130 Å². The first kappa shape index (κ1) is 32.9. The molecule has 0 aliphatic rings. The van der Waals surface area contributed by atoms with Crippen LogP contribution in [0, 0.1) is 0 Å². The lowest BCUT2D eigenvalue weighted by atomic mass is 10.0. The molecule has 0 fully saturated rings. The molecular formula is C35H56NO3+. The Morgan fingerprint density at radius 2 is 1.31 bits per heavy atom. The maximum atomic E-state index is 13.2.